The van der Waals surface area contributed by atoms with E-state index >= 15 is 0 Å². The summed E-state index contributed by atoms with van der Waals surface area (Å²) in [6, 6.07) is 10.1. The first-order valence-electron chi connectivity index (χ1n) is 11.8. The molecule has 0 bridgehead atoms. The molecular formula is C27H24FN5O5S. The molecule has 3 heterocycles. The van der Waals surface area contributed by atoms with Gasteiger partial charge in [-0.25, -0.2) is 24.1 Å². The van der Waals surface area contributed by atoms with Gasteiger partial charge in [-0.05, 0) is 36.8 Å². The van der Waals surface area contributed by atoms with Gasteiger partial charge < -0.3 is 18.9 Å². The molecule has 0 aliphatic rings. The quantitative estimate of drug-likeness (QED) is 0.258. The number of methoxy groups -OCH3 is 2. The van der Waals surface area contributed by atoms with E-state index in [1.807, 2.05) is 19.1 Å². The molecule has 12 heteroatoms. The standard InChI is InChI=1S/C27H24FN5O5S/c1-15-7-18(25-21(8-15)32-24(36-3)12-30-25)26-33-20-9-19(28)22(10-23(20)39-26)37-14-17(13-35-2)38-27(34)31-16-5-4-6-29-11-16/h4-12,17H,13-14H2,1-3H3,(H,31,34). The minimum Gasteiger partial charge on any atom is -0.486 e. The van der Waals surface area contributed by atoms with E-state index < -0.39 is 18.0 Å². The molecule has 1 unspecified atom stereocenters. The molecule has 0 saturated carbocycles. The Bertz CT molecular complexity index is 1630. The molecule has 1 amide bonds. The van der Waals surface area contributed by atoms with Crippen LogP contribution in [0.25, 0.3) is 31.8 Å². The van der Waals surface area contributed by atoms with E-state index in [0.717, 1.165) is 15.8 Å². The van der Waals surface area contributed by atoms with E-state index in [4.69, 9.17) is 18.9 Å². The second kappa shape index (κ2) is 11.5. The normalized spacial score (nSPS) is 11.9. The Hall–Kier alpha value is -4.42. The van der Waals surface area contributed by atoms with Crippen molar-refractivity contribution in [1.82, 2.24) is 19.9 Å². The predicted octanol–water partition coefficient (Wildman–Crippen LogP) is 5.40. The number of carbonyl (C=O) groups is 1. The van der Waals surface area contributed by atoms with Gasteiger partial charge in [0, 0.05) is 31.0 Å². The van der Waals surface area contributed by atoms with Gasteiger partial charge >= 0.3 is 6.09 Å². The SMILES string of the molecule is COCC(COc1cc2sc(-c3cc(C)cc4nc(OC)cnc34)nc2cc1F)OC(=O)Nc1cccnc1. The first-order chi connectivity index (χ1) is 18.9. The number of amides is 1. The number of carbonyl (C=O) groups excluding carboxylic acids is 1. The first kappa shape index (κ1) is 26.2. The van der Waals surface area contributed by atoms with E-state index in [1.54, 1.807) is 30.6 Å². The Morgan fingerprint density at radius 2 is 1.97 bits per heavy atom. The smallest absolute Gasteiger partial charge is 0.412 e. The average molecular weight is 550 g/mol. The molecule has 0 aliphatic heterocycles. The van der Waals surface area contributed by atoms with Gasteiger partial charge in [0.2, 0.25) is 5.88 Å². The highest BCUT2D eigenvalue weighted by molar-refractivity contribution is 7.21. The highest BCUT2D eigenvalue weighted by Crippen LogP contribution is 2.37. The fourth-order valence-corrected chi connectivity index (χ4v) is 4.88. The fraction of sp³-hybridized carbons (Fsp3) is 0.222. The summed E-state index contributed by atoms with van der Waals surface area (Å²) in [5.41, 5.74) is 4.07. The second-order valence-corrected chi connectivity index (χ2v) is 9.55. The lowest BCUT2D eigenvalue weighted by atomic mass is 10.1. The number of rotatable bonds is 9. The summed E-state index contributed by atoms with van der Waals surface area (Å²) < 4.78 is 37.1. The minimum absolute atomic E-state index is 0.00805. The highest BCUT2D eigenvalue weighted by atomic mass is 32.1. The van der Waals surface area contributed by atoms with E-state index in [1.165, 1.54) is 37.8 Å². The number of pyridine rings is 1. The molecule has 0 fully saturated rings. The van der Waals surface area contributed by atoms with Crippen LogP contribution >= 0.6 is 11.3 Å². The lowest BCUT2D eigenvalue weighted by molar-refractivity contribution is 0.0189. The van der Waals surface area contributed by atoms with Gasteiger partial charge in [-0.2, -0.15) is 0 Å². The van der Waals surface area contributed by atoms with Crippen molar-refractivity contribution in [1.29, 1.82) is 0 Å². The van der Waals surface area contributed by atoms with E-state index in [2.05, 4.69) is 25.3 Å². The number of hydrogen-bond donors (Lipinski definition) is 1. The van der Waals surface area contributed by atoms with Crippen molar-refractivity contribution in [3.63, 3.8) is 0 Å². The maximum Gasteiger partial charge on any atom is 0.412 e. The zero-order valence-corrected chi connectivity index (χ0v) is 22.1. The number of nitrogens with one attached hydrogen (secondary N) is 1. The van der Waals surface area contributed by atoms with Crippen LogP contribution < -0.4 is 14.8 Å². The lowest BCUT2D eigenvalue weighted by Gasteiger charge is -2.18. The molecule has 5 aromatic rings. The van der Waals surface area contributed by atoms with Crippen LogP contribution in [0.1, 0.15) is 5.56 Å². The molecule has 10 nitrogen and oxygen atoms in total. The van der Waals surface area contributed by atoms with Crippen molar-refractivity contribution in [2.75, 3.05) is 32.8 Å². The van der Waals surface area contributed by atoms with Crippen molar-refractivity contribution in [2.24, 2.45) is 0 Å². The number of ether oxygens (including phenoxy) is 4. The zero-order chi connectivity index (χ0) is 27.4. The van der Waals surface area contributed by atoms with Gasteiger partial charge in [-0.1, -0.05) is 0 Å². The molecule has 1 N–H and O–H groups in total. The van der Waals surface area contributed by atoms with Gasteiger partial charge in [-0.15, -0.1) is 11.3 Å². The highest BCUT2D eigenvalue weighted by Gasteiger charge is 2.19. The Labute approximate surface area is 226 Å². The number of fused-ring (bicyclic) bond motifs is 2. The van der Waals surface area contributed by atoms with Gasteiger partial charge in [0.25, 0.3) is 0 Å². The summed E-state index contributed by atoms with van der Waals surface area (Å²) in [5, 5.41) is 3.24. The number of anilines is 1. The number of thiazole rings is 1. The Morgan fingerprint density at radius 3 is 2.74 bits per heavy atom. The summed E-state index contributed by atoms with van der Waals surface area (Å²) in [6.45, 7) is 1.89. The number of benzene rings is 2. The van der Waals surface area contributed by atoms with Crippen molar-refractivity contribution in [3.05, 3.63) is 66.4 Å². The van der Waals surface area contributed by atoms with Crippen molar-refractivity contribution in [3.8, 4) is 22.2 Å². The van der Waals surface area contributed by atoms with Crippen molar-refractivity contribution >= 4 is 44.4 Å². The molecule has 0 aliphatic carbocycles. The van der Waals surface area contributed by atoms with Crippen LogP contribution in [0.15, 0.2) is 55.0 Å². The van der Waals surface area contributed by atoms with Crippen LogP contribution in [-0.4, -0.2) is 59.6 Å². The summed E-state index contributed by atoms with van der Waals surface area (Å²) in [6.07, 6.45) is 3.13. The van der Waals surface area contributed by atoms with Crippen LogP contribution in [0.3, 0.4) is 0 Å². The molecule has 5 rings (SSSR count). The molecule has 0 saturated heterocycles. The van der Waals surface area contributed by atoms with Crippen LogP contribution in [-0.2, 0) is 9.47 Å². The maximum atomic E-state index is 15.0. The largest absolute Gasteiger partial charge is 0.486 e. The van der Waals surface area contributed by atoms with E-state index in [-0.39, 0.29) is 19.0 Å². The molecule has 2 aromatic carbocycles. The van der Waals surface area contributed by atoms with Gasteiger partial charge in [0.05, 0.1) is 53.0 Å². The third-order valence-electron chi connectivity index (χ3n) is 5.61. The number of aryl methyl sites for hydroxylation is 1. The molecule has 0 spiro atoms. The van der Waals surface area contributed by atoms with Crippen LogP contribution in [0.4, 0.5) is 14.9 Å². The Kier molecular flexibility index (Phi) is 7.75. The van der Waals surface area contributed by atoms with Crippen molar-refractivity contribution in [2.45, 2.75) is 13.0 Å². The topological polar surface area (TPSA) is 118 Å². The number of nitrogens with zero attached hydrogens (tertiary/aromatic N) is 4. The lowest BCUT2D eigenvalue weighted by Crippen LogP contribution is -2.31. The van der Waals surface area contributed by atoms with E-state index in [9.17, 15) is 9.18 Å². The molecular weight excluding hydrogens is 525 g/mol. The molecule has 0 radical (unpaired) electrons. The second-order valence-electron chi connectivity index (χ2n) is 8.52. The third kappa shape index (κ3) is 6.02. The first-order valence-corrected chi connectivity index (χ1v) is 12.7. The number of aromatic nitrogens is 4. The zero-order valence-electron chi connectivity index (χ0n) is 21.3. The Morgan fingerprint density at radius 1 is 1.10 bits per heavy atom. The monoisotopic (exact) mass is 549 g/mol. The van der Waals surface area contributed by atoms with Crippen molar-refractivity contribution < 1.29 is 28.1 Å². The van der Waals surface area contributed by atoms with E-state index in [0.29, 0.717) is 33.1 Å². The van der Waals surface area contributed by atoms with Gasteiger partial charge in [-0.3, -0.25) is 10.3 Å². The van der Waals surface area contributed by atoms with Gasteiger partial charge in [0.15, 0.2) is 17.7 Å². The predicted molar refractivity (Wildman–Crippen MR) is 145 cm³/mol. The molecule has 1 atom stereocenters. The Balaban J connectivity index is 1.35. The maximum absolute atomic E-state index is 15.0. The third-order valence-corrected chi connectivity index (χ3v) is 6.66. The molecule has 200 valence electrons. The van der Waals surface area contributed by atoms with Crippen LogP contribution in [0.5, 0.6) is 11.6 Å². The molecule has 3 aromatic heterocycles. The summed E-state index contributed by atoms with van der Waals surface area (Å²) in [4.78, 5) is 29.8. The summed E-state index contributed by atoms with van der Waals surface area (Å²) in [7, 11) is 3.01. The van der Waals surface area contributed by atoms with Crippen LogP contribution in [0.2, 0.25) is 0 Å². The number of halogens is 1. The fourth-order valence-electron chi connectivity index (χ4n) is 3.89. The van der Waals surface area contributed by atoms with Gasteiger partial charge in [0.1, 0.15) is 11.6 Å². The average Bonchev–Trinajstić information content (AvgIpc) is 3.33. The number of hydrogen-bond acceptors (Lipinski definition) is 10. The minimum atomic E-state index is -0.784. The molecule has 39 heavy (non-hydrogen) atoms. The van der Waals surface area contributed by atoms with Crippen LogP contribution in [0, 0.1) is 12.7 Å². The summed E-state index contributed by atoms with van der Waals surface area (Å²) in [5.74, 6) is -0.167. The summed E-state index contributed by atoms with van der Waals surface area (Å²) >= 11 is 1.38.